The molecule has 206 valence electrons. The van der Waals surface area contributed by atoms with E-state index in [9.17, 15) is 14.0 Å². The van der Waals surface area contributed by atoms with E-state index in [0.29, 0.717) is 18.7 Å². The molecule has 4 rings (SSSR count). The Kier molecular flexibility index (Phi) is 8.36. The second-order valence-electron chi connectivity index (χ2n) is 12.3. The van der Waals surface area contributed by atoms with Crippen LogP contribution in [0.5, 0.6) is 0 Å². The molecule has 0 aliphatic carbocycles. The minimum atomic E-state index is -0.484. The lowest BCUT2D eigenvalue weighted by Crippen LogP contribution is -2.53. The molecule has 1 spiro atoms. The van der Waals surface area contributed by atoms with Crippen molar-refractivity contribution in [3.8, 4) is 0 Å². The molecule has 0 N–H and O–H groups in total. The van der Waals surface area contributed by atoms with Crippen LogP contribution in [0.2, 0.25) is 0 Å². The third-order valence-corrected chi connectivity index (χ3v) is 8.38. The zero-order valence-corrected chi connectivity index (χ0v) is 23.4. The third-order valence-electron chi connectivity index (χ3n) is 8.38. The number of halogens is 1. The van der Waals surface area contributed by atoms with Gasteiger partial charge in [-0.3, -0.25) is 9.69 Å². The van der Waals surface area contributed by atoms with Gasteiger partial charge in [0.05, 0.1) is 0 Å². The van der Waals surface area contributed by atoms with Crippen molar-refractivity contribution in [1.29, 1.82) is 0 Å². The molecule has 3 aliphatic rings. The molecule has 1 aromatic carbocycles. The van der Waals surface area contributed by atoms with E-state index in [2.05, 4.69) is 15.9 Å². The average Bonchev–Trinajstić information content (AvgIpc) is 3.24. The number of benzene rings is 1. The van der Waals surface area contributed by atoms with Gasteiger partial charge in [0.2, 0.25) is 5.91 Å². The SMILES string of the molecule is CN(C)C(=O)C1CCN(c2cc(CF)ccc2CN2CCCC23CCN(C(=O)OC(C)(C)C)CC3)CC1. The van der Waals surface area contributed by atoms with Gasteiger partial charge in [0.15, 0.2) is 0 Å². The molecule has 8 heteroatoms. The highest BCUT2D eigenvalue weighted by Crippen LogP contribution is 2.41. The van der Waals surface area contributed by atoms with Gasteiger partial charge < -0.3 is 19.4 Å². The number of alkyl halides is 1. The third kappa shape index (κ3) is 6.39. The van der Waals surface area contributed by atoms with Crippen LogP contribution in [-0.2, 0) is 22.8 Å². The predicted molar refractivity (Wildman–Crippen MR) is 144 cm³/mol. The van der Waals surface area contributed by atoms with Crippen LogP contribution in [-0.4, -0.2) is 84.7 Å². The zero-order valence-electron chi connectivity index (χ0n) is 23.4. The number of amides is 2. The summed E-state index contributed by atoms with van der Waals surface area (Å²) in [5.74, 6) is 0.269. The highest BCUT2D eigenvalue weighted by atomic mass is 19.1. The number of rotatable bonds is 5. The first-order valence-electron chi connectivity index (χ1n) is 13.9. The summed E-state index contributed by atoms with van der Waals surface area (Å²) < 4.78 is 19.2. The molecule has 37 heavy (non-hydrogen) atoms. The smallest absolute Gasteiger partial charge is 0.410 e. The normalized spacial score (nSPS) is 20.9. The summed E-state index contributed by atoms with van der Waals surface area (Å²) in [5.41, 5.74) is 2.65. The van der Waals surface area contributed by atoms with Crippen molar-refractivity contribution in [1.82, 2.24) is 14.7 Å². The fourth-order valence-corrected chi connectivity index (χ4v) is 6.30. The van der Waals surface area contributed by atoms with Crippen LogP contribution in [0.25, 0.3) is 0 Å². The van der Waals surface area contributed by atoms with E-state index in [1.165, 1.54) is 5.56 Å². The van der Waals surface area contributed by atoms with Crippen LogP contribution in [0.3, 0.4) is 0 Å². The van der Waals surface area contributed by atoms with E-state index in [4.69, 9.17) is 4.74 Å². The molecule has 0 atom stereocenters. The molecule has 0 radical (unpaired) electrons. The number of nitrogens with zero attached hydrogens (tertiary/aromatic N) is 4. The molecule has 2 amide bonds. The number of piperidine rings is 2. The van der Waals surface area contributed by atoms with Crippen LogP contribution in [0.4, 0.5) is 14.9 Å². The molecule has 0 saturated carbocycles. The summed E-state index contributed by atoms with van der Waals surface area (Å²) in [6, 6.07) is 6.02. The van der Waals surface area contributed by atoms with Gasteiger partial charge in [-0.1, -0.05) is 12.1 Å². The van der Waals surface area contributed by atoms with Crippen molar-refractivity contribution in [2.24, 2.45) is 5.92 Å². The molecular weight excluding hydrogens is 471 g/mol. The summed E-state index contributed by atoms with van der Waals surface area (Å²) in [5, 5.41) is 0. The molecule has 3 saturated heterocycles. The predicted octanol–water partition coefficient (Wildman–Crippen LogP) is 4.83. The standard InChI is InChI=1S/C29H45FN4O3/c1-28(2,3)37-27(36)33-17-12-29(13-18-33)11-6-14-34(29)21-24-8-7-22(20-30)19-25(24)32-15-9-23(10-16-32)26(35)31(4)5/h7-8,19,23H,6,9-18,20-21H2,1-5H3. The summed E-state index contributed by atoms with van der Waals surface area (Å²) in [6.45, 7) is 10.2. The first-order chi connectivity index (χ1) is 17.5. The maximum absolute atomic E-state index is 13.6. The summed E-state index contributed by atoms with van der Waals surface area (Å²) >= 11 is 0. The highest BCUT2D eigenvalue weighted by Gasteiger charge is 2.44. The van der Waals surface area contributed by atoms with Crippen LogP contribution in [0.15, 0.2) is 18.2 Å². The summed E-state index contributed by atoms with van der Waals surface area (Å²) in [4.78, 5) is 33.6. The van der Waals surface area contributed by atoms with E-state index in [-0.39, 0.29) is 23.5 Å². The highest BCUT2D eigenvalue weighted by molar-refractivity contribution is 5.78. The topological polar surface area (TPSA) is 56.3 Å². The Labute approximate surface area is 221 Å². The summed E-state index contributed by atoms with van der Waals surface area (Å²) in [7, 11) is 3.64. The van der Waals surface area contributed by atoms with Gasteiger partial charge in [-0.05, 0) is 83.0 Å². The van der Waals surface area contributed by atoms with Gasteiger partial charge in [-0.25, -0.2) is 9.18 Å². The van der Waals surface area contributed by atoms with E-state index in [0.717, 1.165) is 70.4 Å². The molecule has 0 aromatic heterocycles. The Balaban J connectivity index is 1.45. The maximum atomic E-state index is 13.6. The molecular formula is C29H45FN4O3. The molecule has 3 fully saturated rings. The van der Waals surface area contributed by atoms with E-state index < -0.39 is 12.3 Å². The number of carbonyl (C=O) groups is 2. The van der Waals surface area contributed by atoms with E-state index >= 15 is 0 Å². The molecule has 0 bridgehead atoms. The second kappa shape index (κ2) is 11.2. The number of carbonyl (C=O) groups excluding carboxylic acids is 2. The zero-order chi connectivity index (χ0) is 26.8. The first-order valence-corrected chi connectivity index (χ1v) is 13.9. The van der Waals surface area contributed by atoms with Crippen molar-refractivity contribution in [3.63, 3.8) is 0 Å². The number of likely N-dealkylation sites (tertiary alicyclic amines) is 2. The van der Waals surface area contributed by atoms with Gasteiger partial charge in [-0.2, -0.15) is 0 Å². The molecule has 7 nitrogen and oxygen atoms in total. The van der Waals surface area contributed by atoms with Crippen LogP contribution in [0.1, 0.15) is 70.4 Å². The van der Waals surface area contributed by atoms with Gasteiger partial charge in [-0.15, -0.1) is 0 Å². The Morgan fingerprint density at radius 3 is 2.32 bits per heavy atom. The number of anilines is 1. The minimum Gasteiger partial charge on any atom is -0.444 e. The molecule has 3 heterocycles. The lowest BCUT2D eigenvalue weighted by atomic mass is 9.84. The number of ether oxygens (including phenoxy) is 1. The number of hydrogen-bond acceptors (Lipinski definition) is 5. The van der Waals surface area contributed by atoms with Gasteiger partial charge in [0.25, 0.3) is 0 Å². The van der Waals surface area contributed by atoms with Crippen LogP contribution < -0.4 is 4.90 Å². The lowest BCUT2D eigenvalue weighted by molar-refractivity contribution is -0.133. The Morgan fingerprint density at radius 2 is 1.73 bits per heavy atom. The second-order valence-corrected chi connectivity index (χ2v) is 12.3. The molecule has 0 unspecified atom stereocenters. The van der Waals surface area contributed by atoms with Crippen molar-refractivity contribution >= 4 is 17.7 Å². The van der Waals surface area contributed by atoms with Crippen molar-refractivity contribution in [3.05, 3.63) is 29.3 Å². The van der Waals surface area contributed by atoms with Crippen molar-refractivity contribution in [2.45, 2.75) is 83.7 Å². The van der Waals surface area contributed by atoms with E-state index in [1.807, 2.05) is 51.9 Å². The van der Waals surface area contributed by atoms with Crippen LogP contribution >= 0.6 is 0 Å². The summed E-state index contributed by atoms with van der Waals surface area (Å²) in [6.07, 6.45) is 5.62. The Morgan fingerprint density at radius 1 is 1.05 bits per heavy atom. The molecule has 1 aromatic rings. The van der Waals surface area contributed by atoms with Gasteiger partial charge >= 0.3 is 6.09 Å². The van der Waals surface area contributed by atoms with Crippen LogP contribution in [0, 0.1) is 5.92 Å². The van der Waals surface area contributed by atoms with Crippen molar-refractivity contribution < 1.29 is 18.7 Å². The largest absolute Gasteiger partial charge is 0.444 e. The lowest BCUT2D eigenvalue weighted by Gasteiger charge is -2.45. The Hall–Kier alpha value is -2.35. The maximum Gasteiger partial charge on any atom is 0.410 e. The van der Waals surface area contributed by atoms with Gasteiger partial charge in [0.1, 0.15) is 12.3 Å². The van der Waals surface area contributed by atoms with E-state index in [1.54, 1.807) is 4.90 Å². The fourth-order valence-electron chi connectivity index (χ4n) is 6.30. The number of hydrogen-bond donors (Lipinski definition) is 0. The Bertz CT molecular complexity index is 960. The van der Waals surface area contributed by atoms with Crippen molar-refractivity contribution in [2.75, 3.05) is 51.7 Å². The average molecular weight is 517 g/mol. The monoisotopic (exact) mass is 516 g/mol. The minimum absolute atomic E-state index is 0.0658. The quantitative estimate of drug-likeness (QED) is 0.561. The first kappa shape index (κ1) is 27.7. The van der Waals surface area contributed by atoms with Gasteiger partial charge in [0, 0.05) is 64.0 Å². The molecule has 3 aliphatic heterocycles. The fraction of sp³-hybridized carbons (Fsp3) is 0.724.